The minimum atomic E-state index is -0.0796. The molecule has 5 nitrogen and oxygen atoms in total. The molecule has 0 spiro atoms. The first-order chi connectivity index (χ1) is 16.0. The van der Waals surface area contributed by atoms with Crippen LogP contribution in [0.4, 0.5) is 0 Å². The molecule has 7 heteroatoms. The number of benzene rings is 3. The van der Waals surface area contributed by atoms with Crippen molar-refractivity contribution in [1.29, 1.82) is 0 Å². The van der Waals surface area contributed by atoms with Gasteiger partial charge in [0.05, 0.1) is 35.2 Å². The number of hydrogen-bond donors (Lipinski definition) is 2. The van der Waals surface area contributed by atoms with E-state index in [9.17, 15) is 9.90 Å². The molecule has 0 saturated carbocycles. The molecule has 4 rings (SSSR count). The lowest BCUT2D eigenvalue weighted by Crippen LogP contribution is -2.28. The fraction of sp³-hybridized carbons (Fsp3) is 0.231. The Morgan fingerprint density at radius 3 is 2.55 bits per heavy atom. The smallest absolute Gasteiger partial charge is 0.230 e. The van der Waals surface area contributed by atoms with Crippen molar-refractivity contribution in [1.82, 2.24) is 14.9 Å². The highest BCUT2D eigenvalue weighted by Gasteiger charge is 2.14. The third-order valence-corrected chi connectivity index (χ3v) is 6.64. The van der Waals surface area contributed by atoms with Gasteiger partial charge in [-0.3, -0.25) is 4.79 Å². The summed E-state index contributed by atoms with van der Waals surface area (Å²) in [5, 5.41) is 13.1. The van der Waals surface area contributed by atoms with E-state index in [1.807, 2.05) is 41.8 Å². The SMILES string of the molecule is C[C@@H](NC(=O)CSCc1nc2ccc(Cl)cc2n1CCO)c1ccc(-c2ccccc2)cc1. The molecule has 1 amide bonds. The third-order valence-electron chi connectivity index (χ3n) is 5.47. The lowest BCUT2D eigenvalue weighted by atomic mass is 10.0. The van der Waals surface area contributed by atoms with E-state index in [1.54, 1.807) is 6.07 Å². The molecule has 1 aromatic heterocycles. The maximum atomic E-state index is 12.5. The molecular weight excluding hydrogens is 454 g/mol. The van der Waals surface area contributed by atoms with E-state index in [0.29, 0.717) is 23.1 Å². The second kappa shape index (κ2) is 10.9. The van der Waals surface area contributed by atoms with Gasteiger partial charge in [0.25, 0.3) is 0 Å². The van der Waals surface area contributed by atoms with Crippen LogP contribution in [0.15, 0.2) is 72.8 Å². The van der Waals surface area contributed by atoms with E-state index in [2.05, 4.69) is 46.7 Å². The van der Waals surface area contributed by atoms with Crippen LogP contribution in [0.3, 0.4) is 0 Å². The van der Waals surface area contributed by atoms with Gasteiger partial charge in [-0.05, 0) is 41.8 Å². The van der Waals surface area contributed by atoms with E-state index in [-0.39, 0.29) is 18.6 Å². The highest BCUT2D eigenvalue weighted by Crippen LogP contribution is 2.24. The summed E-state index contributed by atoms with van der Waals surface area (Å²) in [5.74, 6) is 1.70. The summed E-state index contributed by atoms with van der Waals surface area (Å²) in [7, 11) is 0. The Morgan fingerprint density at radius 2 is 1.82 bits per heavy atom. The molecule has 0 bridgehead atoms. The number of nitrogens with one attached hydrogen (secondary N) is 1. The van der Waals surface area contributed by atoms with Gasteiger partial charge in [0.15, 0.2) is 0 Å². The largest absolute Gasteiger partial charge is 0.395 e. The third kappa shape index (κ3) is 5.77. The average Bonchev–Trinajstić information content (AvgIpc) is 3.16. The van der Waals surface area contributed by atoms with Crippen LogP contribution in [0.5, 0.6) is 0 Å². The van der Waals surface area contributed by atoms with Crippen molar-refractivity contribution in [2.45, 2.75) is 25.3 Å². The Morgan fingerprint density at radius 1 is 1.09 bits per heavy atom. The van der Waals surface area contributed by atoms with Crippen LogP contribution >= 0.6 is 23.4 Å². The first-order valence-electron chi connectivity index (χ1n) is 10.8. The first kappa shape index (κ1) is 23.4. The number of amides is 1. The number of imidazole rings is 1. The molecule has 4 aromatic rings. The normalized spacial score (nSPS) is 12.1. The number of aromatic nitrogens is 2. The molecule has 0 radical (unpaired) electrons. The molecule has 0 unspecified atom stereocenters. The van der Waals surface area contributed by atoms with Gasteiger partial charge >= 0.3 is 0 Å². The lowest BCUT2D eigenvalue weighted by molar-refractivity contribution is -0.119. The summed E-state index contributed by atoms with van der Waals surface area (Å²) in [6.45, 7) is 2.44. The van der Waals surface area contributed by atoms with Crippen LogP contribution in [0.1, 0.15) is 24.4 Å². The molecule has 1 atom stereocenters. The van der Waals surface area contributed by atoms with Crippen molar-refractivity contribution in [3.63, 3.8) is 0 Å². The van der Waals surface area contributed by atoms with Gasteiger partial charge in [-0.2, -0.15) is 0 Å². The van der Waals surface area contributed by atoms with Crippen LogP contribution in [0.25, 0.3) is 22.2 Å². The molecule has 0 fully saturated rings. The highest BCUT2D eigenvalue weighted by molar-refractivity contribution is 7.99. The van der Waals surface area contributed by atoms with Crippen LogP contribution in [-0.4, -0.2) is 32.9 Å². The molecule has 0 aliphatic carbocycles. The monoisotopic (exact) mass is 479 g/mol. The van der Waals surface area contributed by atoms with E-state index in [4.69, 9.17) is 11.6 Å². The number of aliphatic hydroxyl groups is 1. The fourth-order valence-corrected chi connectivity index (χ4v) is 4.74. The second-order valence-electron chi connectivity index (χ2n) is 7.81. The number of thioether (sulfide) groups is 1. The van der Waals surface area contributed by atoms with Crippen molar-refractivity contribution in [2.75, 3.05) is 12.4 Å². The van der Waals surface area contributed by atoms with E-state index < -0.39 is 0 Å². The predicted octanol–water partition coefficient (Wildman–Crippen LogP) is 5.46. The second-order valence-corrected chi connectivity index (χ2v) is 9.23. The number of halogens is 1. The van der Waals surface area contributed by atoms with Gasteiger partial charge in [0.2, 0.25) is 5.91 Å². The van der Waals surface area contributed by atoms with E-state index >= 15 is 0 Å². The number of nitrogens with zero attached hydrogens (tertiary/aromatic N) is 2. The Bertz CT molecular complexity index is 1230. The Kier molecular flexibility index (Phi) is 7.70. The van der Waals surface area contributed by atoms with Crippen molar-refractivity contribution < 1.29 is 9.90 Å². The summed E-state index contributed by atoms with van der Waals surface area (Å²) >= 11 is 7.62. The van der Waals surface area contributed by atoms with Gasteiger partial charge in [0, 0.05) is 11.6 Å². The predicted molar refractivity (Wildman–Crippen MR) is 136 cm³/mol. The summed E-state index contributed by atoms with van der Waals surface area (Å²) in [5.41, 5.74) is 5.12. The summed E-state index contributed by atoms with van der Waals surface area (Å²) in [6, 6.07) is 24.0. The first-order valence-corrected chi connectivity index (χ1v) is 12.4. The quantitative estimate of drug-likeness (QED) is 0.334. The topological polar surface area (TPSA) is 67.2 Å². The number of rotatable bonds is 9. The van der Waals surface area contributed by atoms with E-state index in [1.165, 1.54) is 17.3 Å². The highest BCUT2D eigenvalue weighted by atomic mass is 35.5. The molecule has 0 aliphatic heterocycles. The lowest BCUT2D eigenvalue weighted by Gasteiger charge is -2.15. The molecule has 2 N–H and O–H groups in total. The zero-order chi connectivity index (χ0) is 23.2. The maximum Gasteiger partial charge on any atom is 0.230 e. The van der Waals surface area contributed by atoms with Gasteiger partial charge < -0.3 is 15.0 Å². The minimum Gasteiger partial charge on any atom is -0.395 e. The summed E-state index contributed by atoms with van der Waals surface area (Å²) < 4.78 is 1.96. The molecule has 33 heavy (non-hydrogen) atoms. The zero-order valence-corrected chi connectivity index (χ0v) is 19.9. The van der Waals surface area contributed by atoms with Crippen molar-refractivity contribution in [3.8, 4) is 11.1 Å². The van der Waals surface area contributed by atoms with Crippen molar-refractivity contribution >= 4 is 40.3 Å². The standard InChI is InChI=1S/C26H26ClN3O2S/c1-18(19-7-9-21(10-8-19)20-5-3-2-4-6-20)28-26(32)17-33-16-25-29-23-12-11-22(27)15-24(23)30(25)13-14-31/h2-12,15,18,31H,13-14,16-17H2,1H3,(H,28,32)/t18-/m1/s1. The van der Waals surface area contributed by atoms with E-state index in [0.717, 1.165) is 28.0 Å². The average molecular weight is 480 g/mol. The Hall–Kier alpha value is -2.80. The molecule has 3 aromatic carbocycles. The number of carbonyl (C=O) groups is 1. The number of aliphatic hydroxyl groups excluding tert-OH is 1. The summed E-state index contributed by atoms with van der Waals surface area (Å²) in [6.07, 6.45) is 0. The molecule has 1 heterocycles. The molecule has 0 aliphatic rings. The Balaban J connectivity index is 1.33. The number of hydrogen-bond acceptors (Lipinski definition) is 4. The molecule has 0 saturated heterocycles. The van der Waals surface area contributed by atoms with Gasteiger partial charge in [-0.1, -0.05) is 66.2 Å². The fourth-order valence-electron chi connectivity index (χ4n) is 3.80. The van der Waals surface area contributed by atoms with Crippen molar-refractivity contribution in [3.05, 3.63) is 89.2 Å². The Labute approximate surface area is 202 Å². The van der Waals surface area contributed by atoms with Gasteiger partial charge in [0.1, 0.15) is 5.82 Å². The zero-order valence-electron chi connectivity index (χ0n) is 18.4. The van der Waals surface area contributed by atoms with Gasteiger partial charge in [-0.25, -0.2) is 4.98 Å². The van der Waals surface area contributed by atoms with Crippen LogP contribution in [0.2, 0.25) is 5.02 Å². The van der Waals surface area contributed by atoms with Crippen LogP contribution in [-0.2, 0) is 17.1 Å². The molecular formula is C26H26ClN3O2S. The molecule has 170 valence electrons. The summed E-state index contributed by atoms with van der Waals surface area (Å²) in [4.78, 5) is 17.2. The van der Waals surface area contributed by atoms with Gasteiger partial charge in [-0.15, -0.1) is 11.8 Å². The van der Waals surface area contributed by atoms with Crippen molar-refractivity contribution in [2.24, 2.45) is 0 Å². The minimum absolute atomic E-state index is 0.0106. The maximum absolute atomic E-state index is 12.5. The van der Waals surface area contributed by atoms with Crippen LogP contribution < -0.4 is 5.32 Å². The van der Waals surface area contributed by atoms with Crippen LogP contribution in [0, 0.1) is 0 Å². The number of fused-ring (bicyclic) bond motifs is 1. The number of carbonyl (C=O) groups excluding carboxylic acids is 1.